The Morgan fingerprint density at radius 2 is 1.94 bits per heavy atom. The lowest BCUT2D eigenvalue weighted by atomic mass is 9.85. The van der Waals surface area contributed by atoms with Crippen molar-refractivity contribution >= 4 is 11.8 Å². The van der Waals surface area contributed by atoms with E-state index in [1.165, 1.54) is 13.2 Å². The van der Waals surface area contributed by atoms with Crippen LogP contribution in [0.25, 0.3) is 0 Å². The average Bonchev–Trinajstić information content (AvgIpc) is 3.14. The van der Waals surface area contributed by atoms with Crippen LogP contribution in [0, 0.1) is 5.82 Å². The lowest BCUT2D eigenvalue weighted by Crippen LogP contribution is -2.44. The zero-order valence-corrected chi connectivity index (χ0v) is 18.0. The molecule has 7 heteroatoms. The van der Waals surface area contributed by atoms with E-state index in [-0.39, 0.29) is 17.6 Å². The molecular formula is C24H29FN2O4. The molecule has 0 bridgehead atoms. The predicted octanol–water partition coefficient (Wildman–Crippen LogP) is 3.17. The number of amides is 2. The Bertz CT molecular complexity index is 934. The number of halogens is 1. The van der Waals surface area contributed by atoms with E-state index >= 15 is 0 Å². The molecule has 0 spiro atoms. The molecule has 0 aliphatic carbocycles. The van der Waals surface area contributed by atoms with Crippen LogP contribution in [0.15, 0.2) is 42.5 Å². The van der Waals surface area contributed by atoms with Crippen molar-refractivity contribution in [3.63, 3.8) is 0 Å². The first-order valence-corrected chi connectivity index (χ1v) is 10.5. The quantitative estimate of drug-likeness (QED) is 0.610. The number of nitrogens with one attached hydrogen (secondary N) is 2. The minimum atomic E-state index is -0.514. The Hall–Kier alpha value is -3.09. The van der Waals surface area contributed by atoms with Gasteiger partial charge in [0.2, 0.25) is 11.8 Å². The van der Waals surface area contributed by atoms with E-state index in [1.54, 1.807) is 19.2 Å². The third-order valence-corrected chi connectivity index (χ3v) is 5.73. The van der Waals surface area contributed by atoms with Gasteiger partial charge < -0.3 is 20.1 Å². The second kappa shape index (κ2) is 10.3. The van der Waals surface area contributed by atoms with Gasteiger partial charge in [-0.1, -0.05) is 24.3 Å². The van der Waals surface area contributed by atoms with Crippen molar-refractivity contribution in [1.29, 1.82) is 0 Å². The van der Waals surface area contributed by atoms with Gasteiger partial charge in [0.15, 0.2) is 11.6 Å². The van der Waals surface area contributed by atoms with Crippen LogP contribution in [0.1, 0.15) is 36.8 Å². The molecule has 1 aliphatic rings. The van der Waals surface area contributed by atoms with Crippen LogP contribution in [0.5, 0.6) is 11.5 Å². The van der Waals surface area contributed by atoms with Gasteiger partial charge in [-0.05, 0) is 55.0 Å². The summed E-state index contributed by atoms with van der Waals surface area (Å²) in [5.74, 6) is 0.466. The molecule has 1 fully saturated rings. The van der Waals surface area contributed by atoms with Crippen molar-refractivity contribution in [2.24, 2.45) is 0 Å². The summed E-state index contributed by atoms with van der Waals surface area (Å²) in [7, 11) is 3.05. The maximum Gasteiger partial charge on any atom is 0.220 e. The summed E-state index contributed by atoms with van der Waals surface area (Å²) in [6, 6.07) is 12.4. The highest BCUT2D eigenvalue weighted by atomic mass is 19.1. The van der Waals surface area contributed by atoms with Gasteiger partial charge in [-0.15, -0.1) is 0 Å². The minimum Gasteiger partial charge on any atom is -0.496 e. The molecule has 1 atom stereocenters. The Morgan fingerprint density at radius 1 is 1.16 bits per heavy atom. The molecule has 2 amide bonds. The highest BCUT2D eigenvalue weighted by molar-refractivity contribution is 5.80. The molecule has 1 aliphatic heterocycles. The van der Waals surface area contributed by atoms with E-state index in [0.717, 1.165) is 16.9 Å². The lowest BCUT2D eigenvalue weighted by Gasteiger charge is -2.29. The zero-order chi connectivity index (χ0) is 22.3. The number of carbonyl (C=O) groups is 2. The Labute approximate surface area is 182 Å². The van der Waals surface area contributed by atoms with Crippen molar-refractivity contribution in [3.8, 4) is 11.5 Å². The number of hydrogen-bond acceptors (Lipinski definition) is 4. The van der Waals surface area contributed by atoms with Gasteiger partial charge in [0, 0.05) is 24.9 Å². The van der Waals surface area contributed by atoms with Crippen LogP contribution < -0.4 is 20.1 Å². The first-order chi connectivity index (χ1) is 14.9. The van der Waals surface area contributed by atoms with Crippen molar-refractivity contribution in [2.45, 2.75) is 44.1 Å². The zero-order valence-electron chi connectivity index (χ0n) is 18.0. The Morgan fingerprint density at radius 3 is 2.65 bits per heavy atom. The van der Waals surface area contributed by atoms with Gasteiger partial charge in [-0.25, -0.2) is 4.39 Å². The number of carbonyl (C=O) groups excluding carboxylic acids is 2. The molecule has 1 heterocycles. The Kier molecular flexibility index (Phi) is 7.50. The summed E-state index contributed by atoms with van der Waals surface area (Å²) in [6.45, 7) is 0.508. The van der Waals surface area contributed by atoms with Crippen molar-refractivity contribution in [2.75, 3.05) is 20.8 Å². The molecule has 2 aromatic carbocycles. The van der Waals surface area contributed by atoms with Gasteiger partial charge in [-0.2, -0.15) is 0 Å². The third kappa shape index (κ3) is 5.96. The summed E-state index contributed by atoms with van der Waals surface area (Å²) < 4.78 is 24.1. The standard InChI is InChI=1S/C24H29FN2O4/c1-30-20-6-4-3-5-18(20)11-14-26-22(28)9-12-24(13-10-23(29)27-24)16-17-7-8-19(25)21(15-17)31-2/h3-8,15H,9-14,16H2,1-2H3,(H,26,28)(H,27,29). The summed E-state index contributed by atoms with van der Waals surface area (Å²) in [4.78, 5) is 24.4. The van der Waals surface area contributed by atoms with E-state index in [0.29, 0.717) is 45.1 Å². The normalized spacial score (nSPS) is 17.8. The number of benzene rings is 2. The maximum absolute atomic E-state index is 13.7. The summed E-state index contributed by atoms with van der Waals surface area (Å²) in [5.41, 5.74) is 1.38. The highest BCUT2D eigenvalue weighted by Gasteiger charge is 2.38. The summed E-state index contributed by atoms with van der Waals surface area (Å²) >= 11 is 0. The number of methoxy groups -OCH3 is 2. The first kappa shape index (κ1) is 22.6. The topological polar surface area (TPSA) is 76.7 Å². The Balaban J connectivity index is 1.56. The van der Waals surface area contributed by atoms with Crippen molar-refractivity contribution in [1.82, 2.24) is 10.6 Å². The molecule has 6 nitrogen and oxygen atoms in total. The molecule has 0 radical (unpaired) electrons. The summed E-state index contributed by atoms with van der Waals surface area (Å²) in [6.07, 6.45) is 3.06. The average molecular weight is 429 g/mol. The second-order valence-electron chi connectivity index (χ2n) is 7.89. The highest BCUT2D eigenvalue weighted by Crippen LogP contribution is 2.31. The van der Waals surface area contributed by atoms with Gasteiger partial charge in [0.25, 0.3) is 0 Å². The molecule has 1 unspecified atom stereocenters. The predicted molar refractivity (Wildman–Crippen MR) is 116 cm³/mol. The minimum absolute atomic E-state index is 0.0225. The van der Waals surface area contributed by atoms with Crippen LogP contribution in [0.3, 0.4) is 0 Å². The van der Waals surface area contributed by atoms with E-state index in [4.69, 9.17) is 9.47 Å². The maximum atomic E-state index is 13.7. The molecule has 3 rings (SSSR count). The third-order valence-electron chi connectivity index (χ3n) is 5.73. The largest absolute Gasteiger partial charge is 0.496 e. The smallest absolute Gasteiger partial charge is 0.220 e. The van der Waals surface area contributed by atoms with E-state index < -0.39 is 11.4 Å². The van der Waals surface area contributed by atoms with Gasteiger partial charge >= 0.3 is 0 Å². The molecule has 166 valence electrons. The number of ether oxygens (including phenoxy) is 2. The van der Waals surface area contributed by atoms with Crippen molar-refractivity contribution in [3.05, 3.63) is 59.4 Å². The number of hydrogen-bond donors (Lipinski definition) is 2. The molecule has 31 heavy (non-hydrogen) atoms. The van der Waals surface area contributed by atoms with E-state index in [9.17, 15) is 14.0 Å². The SMILES string of the molecule is COc1cc(CC2(CCC(=O)NCCc3ccccc3OC)CCC(=O)N2)ccc1F. The van der Waals surface area contributed by atoms with Crippen LogP contribution in [0.2, 0.25) is 0 Å². The van der Waals surface area contributed by atoms with Crippen LogP contribution in [0.4, 0.5) is 4.39 Å². The number of para-hydroxylation sites is 1. The van der Waals surface area contributed by atoms with E-state index in [1.807, 2.05) is 24.3 Å². The fourth-order valence-electron chi connectivity index (χ4n) is 4.07. The van der Waals surface area contributed by atoms with Crippen LogP contribution in [-0.4, -0.2) is 38.1 Å². The molecule has 2 N–H and O–H groups in total. The first-order valence-electron chi connectivity index (χ1n) is 10.5. The van der Waals surface area contributed by atoms with Gasteiger partial charge in [-0.3, -0.25) is 9.59 Å². The van der Waals surface area contributed by atoms with Crippen LogP contribution in [-0.2, 0) is 22.4 Å². The summed E-state index contributed by atoms with van der Waals surface area (Å²) in [5, 5.41) is 6.00. The molecule has 0 saturated carbocycles. The second-order valence-corrected chi connectivity index (χ2v) is 7.89. The van der Waals surface area contributed by atoms with Gasteiger partial charge in [0.05, 0.1) is 14.2 Å². The van der Waals surface area contributed by atoms with E-state index in [2.05, 4.69) is 10.6 Å². The molecule has 1 saturated heterocycles. The fourth-order valence-corrected chi connectivity index (χ4v) is 4.07. The molecule has 2 aromatic rings. The number of rotatable bonds is 10. The fraction of sp³-hybridized carbons (Fsp3) is 0.417. The molecule has 0 aromatic heterocycles. The van der Waals surface area contributed by atoms with Gasteiger partial charge in [0.1, 0.15) is 5.75 Å². The monoisotopic (exact) mass is 428 g/mol. The lowest BCUT2D eigenvalue weighted by molar-refractivity contribution is -0.122. The molecular weight excluding hydrogens is 399 g/mol. The van der Waals surface area contributed by atoms with Crippen LogP contribution >= 0.6 is 0 Å². The van der Waals surface area contributed by atoms with Crippen molar-refractivity contribution < 1.29 is 23.5 Å².